The molecule has 0 amide bonds. The number of H-pyrrole nitrogens is 1. The number of benzene rings is 4. The fourth-order valence-corrected chi connectivity index (χ4v) is 13.5. The van der Waals surface area contributed by atoms with Crippen LogP contribution in [0.4, 0.5) is 34.5 Å². The quantitative estimate of drug-likeness (QED) is 0.0959. The Labute approximate surface area is 419 Å². The van der Waals surface area contributed by atoms with Crippen LogP contribution in [0.3, 0.4) is 0 Å². The molecule has 9 rings (SSSR count). The van der Waals surface area contributed by atoms with Crippen molar-refractivity contribution < 1.29 is 14.1 Å². The molecule has 2 aliphatic heterocycles. The van der Waals surface area contributed by atoms with Gasteiger partial charge in [0.2, 0.25) is 5.95 Å². The van der Waals surface area contributed by atoms with Crippen molar-refractivity contribution in [2.24, 2.45) is 22.7 Å². The van der Waals surface area contributed by atoms with Crippen molar-refractivity contribution in [3.63, 3.8) is 0 Å². The van der Waals surface area contributed by atoms with Gasteiger partial charge in [0.25, 0.3) is 0 Å². The summed E-state index contributed by atoms with van der Waals surface area (Å²) >= 11 is 6.54. The fraction of sp³-hybridized carbons (Fsp3) is 0.439. The molecule has 3 N–H and O–H groups in total. The topological polar surface area (TPSA) is 139 Å². The molecular formula is C57H68ClN8O3P. The van der Waals surface area contributed by atoms with E-state index in [0.717, 1.165) is 108 Å². The zero-order valence-corrected chi connectivity index (χ0v) is 44.2. The highest BCUT2D eigenvalue weighted by Gasteiger charge is 2.43. The Bertz CT molecular complexity index is 3080. The second kappa shape index (κ2) is 18.7. The van der Waals surface area contributed by atoms with E-state index in [1.807, 2.05) is 42.5 Å². The van der Waals surface area contributed by atoms with Crippen LogP contribution in [0.2, 0.25) is 5.02 Å². The monoisotopic (exact) mass is 978 g/mol. The van der Waals surface area contributed by atoms with Gasteiger partial charge in [0.05, 0.1) is 41.9 Å². The van der Waals surface area contributed by atoms with E-state index >= 15 is 0 Å². The lowest BCUT2D eigenvalue weighted by atomic mass is 9.61. The van der Waals surface area contributed by atoms with Crippen LogP contribution in [0.15, 0.2) is 79.0 Å². The van der Waals surface area contributed by atoms with Gasteiger partial charge in [0, 0.05) is 76.5 Å². The smallest absolute Gasteiger partial charge is 0.229 e. The molecular weight excluding hydrogens is 911 g/mol. The number of ether oxygens (including phenoxy) is 1. The molecule has 0 atom stereocenters. The molecule has 1 aliphatic carbocycles. The molecule has 366 valence electrons. The fourth-order valence-electron chi connectivity index (χ4n) is 12.2. The minimum Gasteiger partial charge on any atom is -0.494 e. The van der Waals surface area contributed by atoms with Crippen LogP contribution in [0.1, 0.15) is 119 Å². The molecule has 13 heteroatoms. The molecule has 0 radical (unpaired) electrons. The number of fused-ring (bicyclic) bond motifs is 4. The van der Waals surface area contributed by atoms with Crippen molar-refractivity contribution in [1.29, 1.82) is 5.26 Å². The molecule has 2 fully saturated rings. The number of anilines is 6. The van der Waals surface area contributed by atoms with E-state index in [2.05, 4.69) is 114 Å². The summed E-state index contributed by atoms with van der Waals surface area (Å²) in [6.07, 6.45) is 8.13. The van der Waals surface area contributed by atoms with Crippen LogP contribution in [-0.4, -0.2) is 67.4 Å². The number of aryl methyl sites for hydroxylation is 1. The van der Waals surface area contributed by atoms with Crippen molar-refractivity contribution >= 4 is 75.2 Å². The van der Waals surface area contributed by atoms with Gasteiger partial charge in [-0.25, -0.2) is 4.98 Å². The van der Waals surface area contributed by atoms with Crippen molar-refractivity contribution in [1.82, 2.24) is 15.0 Å². The molecule has 2 aromatic heterocycles. The highest BCUT2D eigenvalue weighted by Crippen LogP contribution is 2.51. The van der Waals surface area contributed by atoms with Crippen LogP contribution in [-0.2, 0) is 16.4 Å². The van der Waals surface area contributed by atoms with E-state index in [9.17, 15) is 14.6 Å². The number of piperidine rings is 2. The second-order valence-corrected chi connectivity index (χ2v) is 25.7. The summed E-state index contributed by atoms with van der Waals surface area (Å²) in [4.78, 5) is 32.0. The van der Waals surface area contributed by atoms with E-state index in [0.29, 0.717) is 45.6 Å². The summed E-state index contributed by atoms with van der Waals surface area (Å²) in [7, 11) is -0.875. The number of nitrogens with one attached hydrogen (secondary N) is 3. The Hall–Kier alpha value is -5.82. The van der Waals surface area contributed by atoms with Gasteiger partial charge in [0.1, 0.15) is 17.9 Å². The zero-order chi connectivity index (χ0) is 49.9. The summed E-state index contributed by atoms with van der Waals surface area (Å²) < 4.78 is 18.9. The zero-order valence-electron chi connectivity index (χ0n) is 42.5. The third kappa shape index (κ3) is 9.30. The number of rotatable bonds is 13. The van der Waals surface area contributed by atoms with Gasteiger partial charge < -0.3 is 34.7 Å². The number of nitriles is 1. The molecule has 3 aliphatic rings. The molecule has 11 nitrogen and oxygen atoms in total. The molecule has 6 aromatic rings. The number of aromatic nitrogens is 3. The van der Waals surface area contributed by atoms with Crippen molar-refractivity contribution in [3.8, 4) is 11.8 Å². The second-order valence-electron chi connectivity index (χ2n) is 22.2. The van der Waals surface area contributed by atoms with Crippen molar-refractivity contribution in [3.05, 3.63) is 118 Å². The van der Waals surface area contributed by atoms with Gasteiger partial charge in [-0.3, -0.25) is 4.79 Å². The molecule has 4 heterocycles. The lowest BCUT2D eigenvalue weighted by molar-refractivity contribution is 0.0549. The molecule has 0 bridgehead atoms. The number of hydrogen-bond donors (Lipinski definition) is 3. The van der Waals surface area contributed by atoms with Gasteiger partial charge >= 0.3 is 0 Å². The maximum absolute atomic E-state index is 14.3. The predicted molar refractivity (Wildman–Crippen MR) is 289 cm³/mol. The van der Waals surface area contributed by atoms with Gasteiger partial charge in [0.15, 0.2) is 11.6 Å². The third-order valence-electron chi connectivity index (χ3n) is 16.0. The van der Waals surface area contributed by atoms with E-state index in [4.69, 9.17) is 16.3 Å². The summed E-state index contributed by atoms with van der Waals surface area (Å²) in [6.45, 7) is 24.1. The Morgan fingerprint density at radius 3 is 2.21 bits per heavy atom. The van der Waals surface area contributed by atoms with Gasteiger partial charge in [-0.15, -0.1) is 0 Å². The lowest BCUT2D eigenvalue weighted by Crippen LogP contribution is -2.44. The number of para-hydroxylation sites is 1. The Morgan fingerprint density at radius 1 is 0.900 bits per heavy atom. The van der Waals surface area contributed by atoms with Crippen LogP contribution in [0.5, 0.6) is 5.75 Å². The number of methoxy groups -OCH3 is 1. The van der Waals surface area contributed by atoms with E-state index in [1.54, 1.807) is 32.7 Å². The average Bonchev–Trinajstić information content (AvgIpc) is 3.74. The average molecular weight is 980 g/mol. The lowest BCUT2D eigenvalue weighted by Gasteiger charge is -2.49. The standard InChI is InChI=1S/C57H68ClN8O3P/c1-11-36-29-41-42(57(6,7)52-50(51(41)67)40-18-16-35(32-59)28-46(40)61-52)31-47(36)66-26-22-38(23-27-66)56(4,5)34-55(2,3)37-20-24-65(25-21-37)39-17-19-44(48(30-39)69-8)63-54-60-33-43(58)53(64-54)62-45-14-12-13-15-49(45)70(9,10)68/h12-19,28-31,33,37-38,61H,11,20-27,34H2,1-10H3,(H2,60,62,63,64). The minimum atomic E-state index is -2.55. The van der Waals surface area contributed by atoms with Gasteiger partial charge in [-0.2, -0.15) is 10.2 Å². The third-order valence-corrected chi connectivity index (χ3v) is 17.9. The van der Waals surface area contributed by atoms with Crippen LogP contribution in [0, 0.1) is 34.0 Å². The first kappa shape index (κ1) is 49.2. The van der Waals surface area contributed by atoms with E-state index in [1.165, 1.54) is 17.7 Å². The van der Waals surface area contributed by atoms with Crippen LogP contribution in [0.25, 0.3) is 10.9 Å². The Morgan fingerprint density at radius 2 is 1.57 bits per heavy atom. The number of ketones is 1. The molecule has 70 heavy (non-hydrogen) atoms. The first-order chi connectivity index (χ1) is 33.2. The Kier molecular flexibility index (Phi) is 13.2. The minimum absolute atomic E-state index is 0.0691. The first-order valence-electron chi connectivity index (χ1n) is 24.9. The van der Waals surface area contributed by atoms with Gasteiger partial charge in [-0.05, 0) is 134 Å². The number of nitrogens with zero attached hydrogens (tertiary/aromatic N) is 5. The van der Waals surface area contributed by atoms with Crippen LogP contribution >= 0.6 is 18.7 Å². The molecule has 0 spiro atoms. The van der Waals surface area contributed by atoms with E-state index in [-0.39, 0.29) is 16.6 Å². The normalized spacial score (nSPS) is 16.7. The van der Waals surface area contributed by atoms with E-state index < -0.39 is 12.6 Å². The number of aromatic amines is 1. The summed E-state index contributed by atoms with van der Waals surface area (Å²) in [5.74, 6) is 2.77. The summed E-state index contributed by atoms with van der Waals surface area (Å²) in [5.41, 5.74) is 10.0. The highest BCUT2D eigenvalue weighted by atomic mass is 35.5. The maximum Gasteiger partial charge on any atom is 0.229 e. The SMILES string of the molecule is CCc1cc2c(cc1N1CCC(C(C)(C)CC(C)(C)C3CCN(c4ccc(Nc5ncc(Cl)c(Nc6ccccc6P(C)(C)=O)n5)c(OC)c4)CC3)CC1)C(C)(C)c1[nH]c3cc(C#N)ccc3c1C2=O. The maximum atomic E-state index is 14.3. The van der Waals surface area contributed by atoms with Crippen molar-refractivity contribution in [2.45, 2.75) is 92.4 Å². The predicted octanol–water partition coefficient (Wildman–Crippen LogP) is 13.2. The first-order valence-corrected chi connectivity index (χ1v) is 27.9. The molecule has 2 saturated heterocycles. The summed E-state index contributed by atoms with van der Waals surface area (Å²) in [5, 5.41) is 18.1. The number of hydrogen-bond acceptors (Lipinski definition) is 10. The van der Waals surface area contributed by atoms with Crippen LogP contribution < -0.4 is 30.5 Å². The number of halogens is 1. The number of carbonyl (C=O) groups excluding carboxylic acids is 1. The highest BCUT2D eigenvalue weighted by molar-refractivity contribution is 7.70. The summed E-state index contributed by atoms with van der Waals surface area (Å²) in [6, 6.07) is 26.1. The van der Waals surface area contributed by atoms with Crippen molar-refractivity contribution in [2.75, 3.05) is 67.1 Å². The van der Waals surface area contributed by atoms with Gasteiger partial charge in [-0.1, -0.05) is 78.3 Å². The Balaban J connectivity index is 0.821. The molecule has 0 unspecified atom stereocenters. The number of carbonyl (C=O) groups is 1. The molecule has 4 aromatic carbocycles. The molecule has 0 saturated carbocycles. The largest absolute Gasteiger partial charge is 0.494 e.